The smallest absolute Gasteiger partial charge is 0.406 e. The topological polar surface area (TPSA) is 341 Å². The zero-order chi connectivity index (χ0) is 101. The standard InChI is InChI=1S/C19H21ClN4O.C19H15F3N2O2.C18H15BrN2O.C18H19ClN4O.C17H15BrN2O.C16H15F3N4O2/c1-24-12-14(11-21-24)19(7-3-2-4-8-19)23-18(25)17-10-13-9-15(20)5-6-16(13)22-17;20-19(21,22)26-14-6-7-15-12(10-14)11-16(23-15)17(25)24-18(8-9-18)13-4-2-1-3-5-13;19-14-6-7-15-12(10-14)11-16(20-15)17(22)21-18(8-9-18)13-4-2-1-3-5-13;1-23-11-13(10-20-23)18(6-2-3-7-18)22-17(24)16-9-12-8-14(19)4-5-15(12)21-16;1-11(12-5-3-2-4-6-12)19-17(21)16-10-13-9-14(18)7-8-15(13)20-16;1-9(11-7-20-23(2)8-11)21-15(24)14-6-10-5-12(25-16(17,18)19)3-4-13(10)22-14/h5-6,9-12,22H,2-4,7-8H2,1H3,(H,23,25);1-7,10-11,23H,8-9H2,(H,24,25);1-7,10-11,20H,8-9H2,(H,21,22);4-5,8-11,21H,2-3,6-7H2,1H3,(H,22,24);2-11,20H,1H3,(H,19,21);3-9,22H,1-2H3,(H,21,24)/t;;;;11-;/m....1./s1. The van der Waals surface area contributed by atoms with Crippen molar-refractivity contribution in [3.05, 3.63) is 360 Å². The number of rotatable bonds is 20. The van der Waals surface area contributed by atoms with Gasteiger partial charge in [-0.2, -0.15) is 15.3 Å². The van der Waals surface area contributed by atoms with Crippen LogP contribution in [0.1, 0.15) is 206 Å². The Bertz CT molecular complexity index is 7650. The van der Waals surface area contributed by atoms with Crippen molar-refractivity contribution in [2.45, 2.75) is 144 Å². The summed E-state index contributed by atoms with van der Waals surface area (Å²) in [5.74, 6) is -1.64. The summed E-state index contributed by atoms with van der Waals surface area (Å²) in [4.78, 5) is 94.2. The summed E-state index contributed by atoms with van der Waals surface area (Å²) in [6.07, 6.45) is 14.8. The average Bonchev–Trinajstić information content (AvgIpc) is 1.67. The van der Waals surface area contributed by atoms with Crippen LogP contribution in [0.15, 0.2) is 283 Å². The predicted molar refractivity (Wildman–Crippen MR) is 546 cm³/mol. The number of carbonyl (C=O) groups is 6. The minimum atomic E-state index is -4.76. The van der Waals surface area contributed by atoms with E-state index in [0.29, 0.717) is 60.3 Å². The number of nitrogens with one attached hydrogen (secondary N) is 12. The lowest BCUT2D eigenvalue weighted by Gasteiger charge is -2.37. The molecular formula is C107H100Br2Cl2F6N18O8. The molecule has 26 nitrogen and oxygen atoms in total. The van der Waals surface area contributed by atoms with E-state index in [4.69, 9.17) is 23.2 Å². The van der Waals surface area contributed by atoms with Gasteiger partial charge in [0.15, 0.2) is 0 Å². The molecule has 4 saturated carbocycles. The van der Waals surface area contributed by atoms with Crippen molar-refractivity contribution in [3.63, 3.8) is 0 Å². The molecule has 9 aromatic carbocycles. The highest BCUT2D eigenvalue weighted by molar-refractivity contribution is 9.10. The highest BCUT2D eigenvalue weighted by Crippen LogP contribution is 2.48. The van der Waals surface area contributed by atoms with Gasteiger partial charge in [-0.3, -0.25) is 42.8 Å². The number of hydrogen-bond donors (Lipinski definition) is 12. The van der Waals surface area contributed by atoms with Crippen molar-refractivity contribution in [3.8, 4) is 11.5 Å². The lowest BCUT2D eigenvalue weighted by molar-refractivity contribution is -0.275. The fourth-order valence-electron chi connectivity index (χ4n) is 18.2. The van der Waals surface area contributed by atoms with Gasteiger partial charge >= 0.3 is 12.7 Å². The number of carbonyl (C=O) groups excluding carboxylic acids is 6. The Hall–Kier alpha value is -14.6. The quantitative estimate of drug-likeness (QED) is 0.0318. The van der Waals surface area contributed by atoms with E-state index in [2.05, 4.69) is 131 Å². The van der Waals surface area contributed by atoms with E-state index in [0.717, 1.165) is 157 Å². The summed E-state index contributed by atoms with van der Waals surface area (Å²) < 4.78 is 88.9. The molecular weight excluding hydrogens is 2010 g/mol. The number of ether oxygens (including phenoxy) is 2. The van der Waals surface area contributed by atoms with Crippen LogP contribution in [0.4, 0.5) is 26.3 Å². The fraction of sp³-hybridized carbons (Fsp3) is 0.243. The van der Waals surface area contributed by atoms with Crippen molar-refractivity contribution in [2.24, 2.45) is 21.1 Å². The summed E-state index contributed by atoms with van der Waals surface area (Å²) in [5, 5.41) is 37.4. The fourth-order valence-corrected chi connectivity index (χ4v) is 19.3. The van der Waals surface area contributed by atoms with E-state index in [1.807, 2.05) is 229 Å². The van der Waals surface area contributed by atoms with E-state index >= 15 is 0 Å². The van der Waals surface area contributed by atoms with Crippen LogP contribution in [-0.4, -0.2) is 107 Å². The normalized spacial score (nSPS) is 15.1. The van der Waals surface area contributed by atoms with Crippen molar-refractivity contribution in [2.75, 3.05) is 0 Å². The number of alkyl halides is 6. The molecule has 0 radical (unpaired) electrons. The Balaban J connectivity index is 0.000000118. The number of benzene rings is 9. The van der Waals surface area contributed by atoms with Crippen molar-refractivity contribution >= 4 is 156 Å². The van der Waals surface area contributed by atoms with E-state index < -0.39 is 12.7 Å². The largest absolute Gasteiger partial charge is 0.573 e. The van der Waals surface area contributed by atoms with Gasteiger partial charge in [0.25, 0.3) is 35.4 Å². The van der Waals surface area contributed by atoms with Gasteiger partial charge < -0.3 is 71.3 Å². The summed E-state index contributed by atoms with van der Waals surface area (Å²) in [6, 6.07) is 70.7. The highest BCUT2D eigenvalue weighted by Gasteiger charge is 2.48. The number of aromatic amines is 6. The highest BCUT2D eigenvalue weighted by atomic mass is 79.9. The van der Waals surface area contributed by atoms with E-state index in [9.17, 15) is 55.1 Å². The minimum absolute atomic E-state index is 0.0307. The first-order valence-electron chi connectivity index (χ1n) is 46.4. The Kier molecular flexibility index (Phi) is 29.5. The molecule has 1 unspecified atom stereocenters. The van der Waals surface area contributed by atoms with Crippen LogP contribution in [0.2, 0.25) is 10.0 Å². The molecule has 4 aliphatic rings. The molecule has 143 heavy (non-hydrogen) atoms. The predicted octanol–water partition coefficient (Wildman–Crippen LogP) is 24.4. The molecule has 0 saturated heterocycles. The number of fused-ring (bicyclic) bond motifs is 6. The van der Waals surface area contributed by atoms with Gasteiger partial charge in [0.05, 0.1) is 52.8 Å². The second-order valence-electron chi connectivity index (χ2n) is 36.3. The third-order valence-electron chi connectivity index (χ3n) is 25.9. The molecule has 736 valence electrons. The molecule has 0 spiro atoms. The van der Waals surface area contributed by atoms with Crippen LogP contribution in [0.3, 0.4) is 0 Å². The van der Waals surface area contributed by atoms with Gasteiger partial charge in [-0.15, -0.1) is 26.3 Å². The average molecular weight is 2110 g/mol. The zero-order valence-electron chi connectivity index (χ0n) is 78.1. The van der Waals surface area contributed by atoms with E-state index in [-0.39, 0.29) is 86.9 Å². The Morgan fingerprint density at radius 1 is 0.336 bits per heavy atom. The summed E-state index contributed by atoms with van der Waals surface area (Å²) in [7, 11) is 5.58. The lowest BCUT2D eigenvalue weighted by atomic mass is 9.77. The Morgan fingerprint density at radius 2 is 0.622 bits per heavy atom. The Morgan fingerprint density at radius 3 is 0.944 bits per heavy atom. The molecule has 12 N–H and O–H groups in total. The number of nitrogens with zero attached hydrogens (tertiary/aromatic N) is 6. The maximum atomic E-state index is 13.0. The molecule has 18 aromatic rings. The van der Waals surface area contributed by atoms with Crippen LogP contribution in [-0.2, 0) is 43.3 Å². The number of amides is 6. The number of H-pyrrole nitrogens is 6. The first-order valence-corrected chi connectivity index (χ1v) is 48.8. The van der Waals surface area contributed by atoms with Crippen LogP contribution in [0.25, 0.3) is 65.4 Å². The number of halogens is 10. The summed E-state index contributed by atoms with van der Waals surface area (Å²) in [6.45, 7) is 3.79. The summed E-state index contributed by atoms with van der Waals surface area (Å²) in [5.41, 5.74) is 12.8. The van der Waals surface area contributed by atoms with Crippen LogP contribution in [0.5, 0.6) is 11.5 Å². The first-order chi connectivity index (χ1) is 68.5. The van der Waals surface area contributed by atoms with Gasteiger partial charge in [-0.1, -0.05) is 178 Å². The van der Waals surface area contributed by atoms with Gasteiger partial charge in [-0.25, -0.2) is 0 Å². The molecule has 2 atom stereocenters. The van der Waals surface area contributed by atoms with E-state index in [1.54, 1.807) is 33.5 Å². The minimum Gasteiger partial charge on any atom is -0.406 e. The molecule has 4 aliphatic carbocycles. The third kappa shape index (κ3) is 24.6. The van der Waals surface area contributed by atoms with Crippen LogP contribution in [0, 0.1) is 0 Å². The van der Waals surface area contributed by atoms with Gasteiger partial charge in [0.2, 0.25) is 0 Å². The first kappa shape index (κ1) is 99.9. The van der Waals surface area contributed by atoms with E-state index in [1.165, 1.54) is 60.5 Å². The molecule has 9 heterocycles. The van der Waals surface area contributed by atoms with Gasteiger partial charge in [0, 0.05) is 141 Å². The summed E-state index contributed by atoms with van der Waals surface area (Å²) >= 11 is 19.0. The van der Waals surface area contributed by atoms with Crippen molar-refractivity contribution in [1.82, 2.24) is 91.1 Å². The Labute approximate surface area is 843 Å². The monoisotopic (exact) mass is 2110 g/mol. The molecule has 6 amide bonds. The molecule has 0 bridgehead atoms. The van der Waals surface area contributed by atoms with Crippen molar-refractivity contribution in [1.29, 1.82) is 0 Å². The molecule has 0 aliphatic heterocycles. The molecule has 9 aromatic heterocycles. The molecule has 36 heteroatoms. The molecule has 22 rings (SSSR count). The zero-order valence-corrected chi connectivity index (χ0v) is 82.7. The number of aromatic nitrogens is 12. The van der Waals surface area contributed by atoms with Crippen LogP contribution >= 0.6 is 55.1 Å². The number of hydrogen-bond acceptors (Lipinski definition) is 11. The van der Waals surface area contributed by atoms with Crippen molar-refractivity contribution < 1.29 is 64.6 Å². The van der Waals surface area contributed by atoms with Gasteiger partial charge in [0.1, 0.15) is 45.7 Å². The SMILES string of the molecule is CC(NC(=O)c1cc2cc(OC(F)(F)F)ccc2[nH]1)c1cnn(C)c1.C[C@@H](NC(=O)c1cc2cc(Br)ccc2[nH]1)c1ccccc1.Cn1cc(C2(NC(=O)c3cc4cc(Cl)ccc4[nH]3)CCCC2)cn1.Cn1cc(C2(NC(=O)c3cc4cc(Cl)ccc4[nH]3)CCCCC2)cn1.O=C(NC1(c2ccccc2)CC1)c1cc2cc(Br)ccc2[nH]1.O=C(NC1(c2ccccc2)CC1)c1cc2cc(OC(F)(F)F)ccc2[nH]1. The third-order valence-corrected chi connectivity index (χ3v) is 27.4. The lowest BCUT2D eigenvalue weighted by Crippen LogP contribution is -2.47. The second kappa shape index (κ2) is 42.3. The molecule has 4 fully saturated rings. The maximum absolute atomic E-state index is 13.0. The van der Waals surface area contributed by atoms with Gasteiger partial charge in [-0.05, 0) is 227 Å². The second-order valence-corrected chi connectivity index (χ2v) is 39.0. The maximum Gasteiger partial charge on any atom is 0.573 e. The number of aryl methyl sites for hydroxylation is 3. The van der Waals surface area contributed by atoms with Crippen LogP contribution < -0.4 is 41.4 Å².